The van der Waals surface area contributed by atoms with Gasteiger partial charge in [0.2, 0.25) is 0 Å². The van der Waals surface area contributed by atoms with Gasteiger partial charge in [-0.15, -0.1) is 0 Å². The Labute approximate surface area is 124 Å². The van der Waals surface area contributed by atoms with E-state index in [1.807, 2.05) is 6.92 Å². The fourth-order valence-corrected chi connectivity index (χ4v) is 1.98. The molecule has 0 radical (unpaired) electrons. The van der Waals surface area contributed by atoms with Crippen LogP contribution in [0.25, 0.3) is 0 Å². The van der Waals surface area contributed by atoms with Crippen LogP contribution in [0.1, 0.15) is 25.3 Å². The van der Waals surface area contributed by atoms with Crippen molar-refractivity contribution in [2.75, 3.05) is 13.6 Å². The summed E-state index contributed by atoms with van der Waals surface area (Å²) in [6, 6.07) is 4.42. The quantitative estimate of drug-likeness (QED) is 0.849. The van der Waals surface area contributed by atoms with Crippen LogP contribution in [-0.2, 0) is 6.54 Å². The Morgan fingerprint density at radius 3 is 2.90 bits per heavy atom. The Hall–Kier alpha value is -1.33. The Morgan fingerprint density at radius 2 is 2.25 bits per heavy atom. The fraction of sp³-hybridized carbons (Fsp3) is 0.500. The molecular formula is C14H21ClFN3O. The molecule has 0 aromatic heterocycles. The molecule has 2 amide bonds. The maximum atomic E-state index is 13.3. The molecule has 3 N–H and O–H groups in total. The number of carbonyl (C=O) groups excluding carboxylic acids is 1. The maximum absolute atomic E-state index is 13.3. The minimum atomic E-state index is -0.483. The summed E-state index contributed by atoms with van der Waals surface area (Å²) in [7, 11) is 1.73. The van der Waals surface area contributed by atoms with E-state index in [0.29, 0.717) is 12.1 Å². The van der Waals surface area contributed by atoms with Crippen molar-refractivity contribution in [3.05, 3.63) is 34.6 Å². The van der Waals surface area contributed by atoms with Gasteiger partial charge in [-0.1, -0.05) is 23.7 Å². The van der Waals surface area contributed by atoms with Gasteiger partial charge in [0.15, 0.2) is 0 Å². The van der Waals surface area contributed by atoms with E-state index in [9.17, 15) is 9.18 Å². The predicted octanol–water partition coefficient (Wildman–Crippen LogP) is 2.75. The average molecular weight is 302 g/mol. The minimum Gasteiger partial charge on any atom is -0.334 e. The molecule has 1 rings (SSSR count). The highest BCUT2D eigenvalue weighted by Crippen LogP contribution is 2.19. The van der Waals surface area contributed by atoms with Gasteiger partial charge in [-0.05, 0) is 37.9 Å². The molecule has 1 unspecified atom stereocenters. The molecular weight excluding hydrogens is 281 g/mol. The Bertz CT molecular complexity index is 456. The SMILES string of the molecule is CC(CCCN)N(C)C(=O)NCc1cccc(F)c1Cl. The highest BCUT2D eigenvalue weighted by molar-refractivity contribution is 6.31. The lowest BCUT2D eigenvalue weighted by atomic mass is 10.1. The molecule has 4 nitrogen and oxygen atoms in total. The largest absolute Gasteiger partial charge is 0.334 e. The van der Waals surface area contributed by atoms with E-state index in [1.165, 1.54) is 6.07 Å². The highest BCUT2D eigenvalue weighted by atomic mass is 35.5. The molecule has 1 atom stereocenters. The molecule has 20 heavy (non-hydrogen) atoms. The lowest BCUT2D eigenvalue weighted by Gasteiger charge is -2.25. The van der Waals surface area contributed by atoms with Crippen molar-refractivity contribution >= 4 is 17.6 Å². The molecule has 0 fully saturated rings. The second-order valence-electron chi connectivity index (χ2n) is 4.76. The third-order valence-corrected chi connectivity index (χ3v) is 3.69. The summed E-state index contributed by atoms with van der Waals surface area (Å²) in [6.45, 7) is 2.77. The van der Waals surface area contributed by atoms with Gasteiger partial charge in [-0.3, -0.25) is 0 Å². The normalized spacial score (nSPS) is 12.1. The molecule has 1 aromatic rings. The van der Waals surface area contributed by atoms with E-state index in [-0.39, 0.29) is 23.6 Å². The minimum absolute atomic E-state index is 0.0478. The Balaban J connectivity index is 2.52. The average Bonchev–Trinajstić information content (AvgIpc) is 2.45. The predicted molar refractivity (Wildman–Crippen MR) is 79.2 cm³/mol. The number of hydrogen-bond acceptors (Lipinski definition) is 2. The van der Waals surface area contributed by atoms with Gasteiger partial charge in [0, 0.05) is 19.6 Å². The lowest BCUT2D eigenvalue weighted by molar-refractivity contribution is 0.190. The number of amides is 2. The summed E-state index contributed by atoms with van der Waals surface area (Å²) < 4.78 is 13.3. The van der Waals surface area contributed by atoms with Crippen molar-refractivity contribution in [1.82, 2.24) is 10.2 Å². The van der Waals surface area contributed by atoms with Gasteiger partial charge in [0.25, 0.3) is 0 Å². The van der Waals surface area contributed by atoms with Crippen molar-refractivity contribution in [1.29, 1.82) is 0 Å². The zero-order chi connectivity index (χ0) is 15.1. The van der Waals surface area contributed by atoms with E-state index in [0.717, 1.165) is 12.8 Å². The van der Waals surface area contributed by atoms with Gasteiger partial charge in [0.1, 0.15) is 5.82 Å². The molecule has 0 aliphatic rings. The van der Waals surface area contributed by atoms with Gasteiger partial charge >= 0.3 is 6.03 Å². The first-order valence-corrected chi connectivity index (χ1v) is 6.98. The number of hydrogen-bond donors (Lipinski definition) is 2. The zero-order valence-corrected chi connectivity index (χ0v) is 12.6. The second-order valence-corrected chi connectivity index (χ2v) is 5.14. The molecule has 0 aliphatic heterocycles. The van der Waals surface area contributed by atoms with Crippen LogP contribution in [0, 0.1) is 5.82 Å². The molecule has 0 heterocycles. The van der Waals surface area contributed by atoms with Crippen molar-refractivity contribution in [3.63, 3.8) is 0 Å². The zero-order valence-electron chi connectivity index (χ0n) is 11.8. The topological polar surface area (TPSA) is 58.4 Å². The van der Waals surface area contributed by atoms with Crippen LogP contribution in [0.5, 0.6) is 0 Å². The van der Waals surface area contributed by atoms with E-state index < -0.39 is 5.82 Å². The van der Waals surface area contributed by atoms with Gasteiger partial charge in [-0.2, -0.15) is 0 Å². The fourth-order valence-electron chi connectivity index (χ4n) is 1.79. The Kier molecular flexibility index (Phi) is 6.75. The number of nitrogens with two attached hydrogens (primary N) is 1. The molecule has 6 heteroatoms. The van der Waals surface area contributed by atoms with Crippen molar-refractivity contribution in [3.8, 4) is 0 Å². The van der Waals surface area contributed by atoms with Crippen LogP contribution in [0.3, 0.4) is 0 Å². The first-order valence-electron chi connectivity index (χ1n) is 6.61. The first-order chi connectivity index (χ1) is 9.47. The second kappa shape index (κ2) is 8.07. The standard InChI is InChI=1S/C14H21ClFN3O/c1-10(5-4-8-17)19(2)14(20)18-9-11-6-3-7-12(16)13(11)15/h3,6-7,10H,4-5,8-9,17H2,1-2H3,(H,18,20). The first kappa shape index (κ1) is 16.7. The lowest BCUT2D eigenvalue weighted by Crippen LogP contribution is -2.42. The molecule has 1 aromatic carbocycles. The van der Waals surface area contributed by atoms with Crippen LogP contribution >= 0.6 is 11.6 Å². The molecule has 0 spiro atoms. The van der Waals surface area contributed by atoms with Crippen LogP contribution in [0.4, 0.5) is 9.18 Å². The third-order valence-electron chi connectivity index (χ3n) is 3.27. The number of carbonyl (C=O) groups is 1. The van der Waals surface area contributed by atoms with Crippen LogP contribution in [-0.4, -0.2) is 30.6 Å². The molecule has 0 bridgehead atoms. The summed E-state index contributed by atoms with van der Waals surface area (Å²) in [5.41, 5.74) is 6.01. The van der Waals surface area contributed by atoms with Gasteiger partial charge in [-0.25, -0.2) is 9.18 Å². The summed E-state index contributed by atoms with van der Waals surface area (Å²) in [6.07, 6.45) is 1.72. The smallest absolute Gasteiger partial charge is 0.317 e. The number of benzene rings is 1. The van der Waals surface area contributed by atoms with Crippen molar-refractivity contribution in [2.24, 2.45) is 5.73 Å². The van der Waals surface area contributed by atoms with Crippen molar-refractivity contribution < 1.29 is 9.18 Å². The maximum Gasteiger partial charge on any atom is 0.317 e. The van der Waals surface area contributed by atoms with E-state index in [1.54, 1.807) is 24.1 Å². The van der Waals surface area contributed by atoms with Crippen LogP contribution < -0.4 is 11.1 Å². The monoisotopic (exact) mass is 301 g/mol. The summed E-state index contributed by atoms with van der Waals surface area (Å²) in [5, 5.41) is 2.78. The molecule has 112 valence electrons. The van der Waals surface area contributed by atoms with E-state index >= 15 is 0 Å². The van der Waals surface area contributed by atoms with E-state index in [2.05, 4.69) is 5.32 Å². The number of urea groups is 1. The molecule has 0 saturated heterocycles. The number of rotatable bonds is 6. The summed E-state index contributed by atoms with van der Waals surface area (Å²) >= 11 is 5.83. The van der Waals surface area contributed by atoms with Crippen LogP contribution in [0.2, 0.25) is 5.02 Å². The molecule has 0 saturated carbocycles. The van der Waals surface area contributed by atoms with Gasteiger partial charge in [0.05, 0.1) is 5.02 Å². The number of nitrogens with zero attached hydrogens (tertiary/aromatic N) is 1. The Morgan fingerprint density at radius 1 is 1.55 bits per heavy atom. The van der Waals surface area contributed by atoms with E-state index in [4.69, 9.17) is 17.3 Å². The van der Waals surface area contributed by atoms with Crippen molar-refractivity contribution in [2.45, 2.75) is 32.4 Å². The third kappa shape index (κ3) is 4.65. The summed E-state index contributed by atoms with van der Waals surface area (Å²) in [5.74, 6) is -0.483. The molecule has 0 aliphatic carbocycles. The summed E-state index contributed by atoms with van der Waals surface area (Å²) in [4.78, 5) is 13.6. The number of halogens is 2. The number of nitrogens with one attached hydrogen (secondary N) is 1. The highest BCUT2D eigenvalue weighted by Gasteiger charge is 2.15. The van der Waals surface area contributed by atoms with Crippen LogP contribution in [0.15, 0.2) is 18.2 Å². The van der Waals surface area contributed by atoms with Gasteiger partial charge < -0.3 is 16.0 Å².